The Balaban J connectivity index is 2.14. The lowest BCUT2D eigenvalue weighted by molar-refractivity contribution is 0.602. The molecule has 0 N–H and O–H groups in total. The maximum absolute atomic E-state index is 8.40. The Morgan fingerprint density at radius 2 is 2.44 bits per heavy atom. The second kappa shape index (κ2) is 2.58. The standard InChI is InChI=1S/C7H10ClN/c1-5(4-9)2-6-3-7(6)8/h5-7H,2-3H2,1H3. The summed E-state index contributed by atoms with van der Waals surface area (Å²) in [5.74, 6) is 0.833. The highest BCUT2D eigenvalue weighted by Crippen LogP contribution is 2.40. The molecule has 0 aromatic carbocycles. The van der Waals surface area contributed by atoms with Gasteiger partial charge in [0.1, 0.15) is 0 Å². The summed E-state index contributed by atoms with van der Waals surface area (Å²) in [6, 6.07) is 2.20. The van der Waals surface area contributed by atoms with Crippen molar-refractivity contribution < 1.29 is 0 Å². The van der Waals surface area contributed by atoms with Crippen molar-refractivity contribution in [1.82, 2.24) is 0 Å². The molecule has 1 fully saturated rings. The topological polar surface area (TPSA) is 23.8 Å². The lowest BCUT2D eigenvalue weighted by atomic mass is 10.1. The van der Waals surface area contributed by atoms with Crippen LogP contribution in [0.4, 0.5) is 0 Å². The highest BCUT2D eigenvalue weighted by molar-refractivity contribution is 6.22. The molecule has 1 aliphatic carbocycles. The molecule has 9 heavy (non-hydrogen) atoms. The van der Waals surface area contributed by atoms with Gasteiger partial charge in [-0.15, -0.1) is 11.6 Å². The summed E-state index contributed by atoms with van der Waals surface area (Å²) in [6.07, 6.45) is 2.11. The van der Waals surface area contributed by atoms with Crippen LogP contribution in [0.3, 0.4) is 0 Å². The number of alkyl halides is 1. The second-order valence-electron chi connectivity index (χ2n) is 2.78. The Morgan fingerprint density at radius 3 is 2.78 bits per heavy atom. The molecule has 0 bridgehead atoms. The van der Waals surface area contributed by atoms with Gasteiger partial charge < -0.3 is 0 Å². The maximum Gasteiger partial charge on any atom is 0.0652 e. The van der Waals surface area contributed by atoms with Gasteiger partial charge >= 0.3 is 0 Å². The van der Waals surface area contributed by atoms with E-state index in [0.717, 1.165) is 12.8 Å². The zero-order valence-electron chi connectivity index (χ0n) is 5.47. The quantitative estimate of drug-likeness (QED) is 0.544. The maximum atomic E-state index is 8.40. The Morgan fingerprint density at radius 1 is 1.89 bits per heavy atom. The van der Waals surface area contributed by atoms with Gasteiger partial charge in [-0.3, -0.25) is 0 Å². The van der Waals surface area contributed by atoms with E-state index in [4.69, 9.17) is 16.9 Å². The van der Waals surface area contributed by atoms with Crippen molar-refractivity contribution in [2.75, 3.05) is 0 Å². The van der Waals surface area contributed by atoms with E-state index in [9.17, 15) is 0 Å². The van der Waals surface area contributed by atoms with E-state index in [-0.39, 0.29) is 5.92 Å². The molecular weight excluding hydrogens is 134 g/mol. The zero-order valence-corrected chi connectivity index (χ0v) is 6.23. The number of rotatable bonds is 2. The van der Waals surface area contributed by atoms with Crippen LogP contribution in [-0.2, 0) is 0 Å². The van der Waals surface area contributed by atoms with Crippen LogP contribution in [0.25, 0.3) is 0 Å². The van der Waals surface area contributed by atoms with E-state index in [0.29, 0.717) is 11.3 Å². The van der Waals surface area contributed by atoms with Crippen molar-refractivity contribution in [3.8, 4) is 6.07 Å². The molecule has 1 nitrogen and oxygen atoms in total. The van der Waals surface area contributed by atoms with Gasteiger partial charge in [0.05, 0.1) is 6.07 Å². The van der Waals surface area contributed by atoms with E-state index < -0.39 is 0 Å². The molecule has 1 saturated carbocycles. The van der Waals surface area contributed by atoms with Crippen LogP contribution in [0.2, 0.25) is 0 Å². The SMILES string of the molecule is CC(C#N)CC1CC1Cl. The summed E-state index contributed by atoms with van der Waals surface area (Å²) in [5, 5.41) is 8.78. The van der Waals surface area contributed by atoms with E-state index >= 15 is 0 Å². The van der Waals surface area contributed by atoms with Crippen molar-refractivity contribution in [1.29, 1.82) is 5.26 Å². The lowest BCUT2D eigenvalue weighted by Gasteiger charge is -1.96. The molecule has 0 spiro atoms. The van der Waals surface area contributed by atoms with Gasteiger partial charge in [-0.1, -0.05) is 0 Å². The number of hydrogen-bond donors (Lipinski definition) is 0. The highest BCUT2D eigenvalue weighted by Gasteiger charge is 2.35. The summed E-state index contributed by atoms with van der Waals surface area (Å²) < 4.78 is 0. The molecule has 0 saturated heterocycles. The second-order valence-corrected chi connectivity index (χ2v) is 3.34. The van der Waals surface area contributed by atoms with Gasteiger partial charge in [0.25, 0.3) is 0 Å². The minimum atomic E-state index is 0.193. The van der Waals surface area contributed by atoms with Crippen molar-refractivity contribution in [2.45, 2.75) is 25.1 Å². The molecule has 50 valence electrons. The molecule has 0 radical (unpaired) electrons. The first-order chi connectivity index (χ1) is 4.24. The van der Waals surface area contributed by atoms with Crippen LogP contribution < -0.4 is 0 Å². The molecule has 0 aliphatic heterocycles. The van der Waals surface area contributed by atoms with E-state index in [2.05, 4.69) is 6.07 Å². The van der Waals surface area contributed by atoms with E-state index in [1.807, 2.05) is 6.92 Å². The molecule has 2 heteroatoms. The predicted molar refractivity (Wildman–Crippen MR) is 37.1 cm³/mol. The molecule has 3 unspecified atom stereocenters. The smallest absolute Gasteiger partial charge is 0.0652 e. The normalized spacial score (nSPS) is 35.2. The first-order valence-electron chi connectivity index (χ1n) is 3.27. The van der Waals surface area contributed by atoms with Gasteiger partial charge in [-0.2, -0.15) is 5.26 Å². The van der Waals surface area contributed by atoms with Crippen LogP contribution >= 0.6 is 11.6 Å². The molecule has 0 aromatic rings. The molecule has 3 atom stereocenters. The first kappa shape index (κ1) is 6.89. The number of halogens is 1. The molecule has 0 heterocycles. The van der Waals surface area contributed by atoms with Gasteiger partial charge in [-0.25, -0.2) is 0 Å². The van der Waals surface area contributed by atoms with Crippen molar-refractivity contribution >= 4 is 11.6 Å². The van der Waals surface area contributed by atoms with Crippen molar-refractivity contribution in [2.24, 2.45) is 11.8 Å². The average molecular weight is 144 g/mol. The minimum absolute atomic E-state index is 0.193. The molecule has 1 rings (SSSR count). The number of nitriles is 1. The first-order valence-corrected chi connectivity index (χ1v) is 3.71. The largest absolute Gasteiger partial charge is 0.198 e. The Labute approximate surface area is 60.6 Å². The molecule has 0 amide bonds. The van der Waals surface area contributed by atoms with Gasteiger partial charge in [0, 0.05) is 11.3 Å². The van der Waals surface area contributed by atoms with Crippen molar-refractivity contribution in [3.05, 3.63) is 0 Å². The summed E-state index contributed by atoms with van der Waals surface area (Å²) in [5.41, 5.74) is 0. The van der Waals surface area contributed by atoms with Crippen molar-refractivity contribution in [3.63, 3.8) is 0 Å². The van der Waals surface area contributed by atoms with Crippen LogP contribution in [0.1, 0.15) is 19.8 Å². The summed E-state index contributed by atoms with van der Waals surface area (Å²) >= 11 is 5.74. The van der Waals surface area contributed by atoms with E-state index in [1.54, 1.807) is 0 Å². The van der Waals surface area contributed by atoms with Crippen LogP contribution in [-0.4, -0.2) is 5.38 Å². The fraction of sp³-hybridized carbons (Fsp3) is 0.857. The molecule has 0 aromatic heterocycles. The summed E-state index contributed by atoms with van der Waals surface area (Å²) in [4.78, 5) is 0. The number of hydrogen-bond acceptors (Lipinski definition) is 1. The predicted octanol–water partition coefficient (Wildman–Crippen LogP) is 2.16. The Hall–Kier alpha value is -0.220. The lowest BCUT2D eigenvalue weighted by Crippen LogP contribution is -1.92. The van der Waals surface area contributed by atoms with Gasteiger partial charge in [0.15, 0.2) is 0 Å². The fourth-order valence-electron chi connectivity index (χ4n) is 0.961. The third-order valence-corrected chi connectivity index (χ3v) is 2.25. The fourth-order valence-corrected chi connectivity index (χ4v) is 1.29. The summed E-state index contributed by atoms with van der Waals surface area (Å²) in [7, 11) is 0. The highest BCUT2D eigenvalue weighted by atomic mass is 35.5. The zero-order chi connectivity index (χ0) is 6.85. The molecular formula is C7H10ClN. The minimum Gasteiger partial charge on any atom is -0.198 e. The number of nitrogens with zero attached hydrogens (tertiary/aromatic N) is 1. The third kappa shape index (κ3) is 1.87. The summed E-state index contributed by atoms with van der Waals surface area (Å²) in [6.45, 7) is 1.95. The monoisotopic (exact) mass is 143 g/mol. The third-order valence-electron chi connectivity index (χ3n) is 1.71. The van der Waals surface area contributed by atoms with Gasteiger partial charge in [-0.05, 0) is 25.7 Å². The van der Waals surface area contributed by atoms with E-state index in [1.165, 1.54) is 0 Å². The van der Waals surface area contributed by atoms with Crippen LogP contribution in [0, 0.1) is 23.2 Å². The Kier molecular flexibility index (Phi) is 1.97. The molecule has 1 aliphatic rings. The average Bonchev–Trinajstić information content (AvgIpc) is 2.47. The van der Waals surface area contributed by atoms with Crippen LogP contribution in [0.5, 0.6) is 0 Å². The van der Waals surface area contributed by atoms with Gasteiger partial charge in [0.2, 0.25) is 0 Å². The van der Waals surface area contributed by atoms with Crippen LogP contribution in [0.15, 0.2) is 0 Å². The Bertz CT molecular complexity index is 138.